The minimum Gasteiger partial charge on any atom is -0.283 e. The molecule has 0 bridgehead atoms. The molecule has 0 aromatic heterocycles. The van der Waals surface area contributed by atoms with Gasteiger partial charge >= 0.3 is 0 Å². The predicted octanol–water partition coefficient (Wildman–Crippen LogP) is 3.50. The molecule has 0 saturated carbocycles. The number of hydrogen-bond donors (Lipinski definition) is 1. The van der Waals surface area contributed by atoms with E-state index < -0.39 is 20.7 Å². The molecule has 2 aromatic carbocycles. The maximum Gasteiger partial charge on any atom is 0.273 e. The summed E-state index contributed by atoms with van der Waals surface area (Å²) in [6.45, 7) is 1.80. The first-order chi connectivity index (χ1) is 10.3. The van der Waals surface area contributed by atoms with Crippen molar-refractivity contribution in [1.29, 1.82) is 0 Å². The number of nitro benzene ring substituents is 1. The first-order valence-corrected chi connectivity index (χ1v) is 8.30. The normalized spacial score (nSPS) is 11.2. The Morgan fingerprint density at radius 2 is 1.91 bits per heavy atom. The highest BCUT2D eigenvalue weighted by Crippen LogP contribution is 2.23. The second-order valence-electron chi connectivity index (χ2n) is 4.71. The van der Waals surface area contributed by atoms with Crippen LogP contribution in [0, 0.1) is 17.0 Å². The van der Waals surface area contributed by atoms with Crippen molar-refractivity contribution >= 4 is 33.0 Å². The van der Waals surface area contributed by atoms with Gasteiger partial charge in [-0.25, -0.2) is 8.42 Å². The highest BCUT2D eigenvalue weighted by Gasteiger charge is 2.19. The van der Waals surface area contributed by atoms with Crippen LogP contribution in [0.3, 0.4) is 0 Å². The van der Waals surface area contributed by atoms with Crippen LogP contribution in [0.1, 0.15) is 11.1 Å². The lowest BCUT2D eigenvalue weighted by Gasteiger charge is -2.09. The molecule has 0 heterocycles. The van der Waals surface area contributed by atoms with E-state index in [2.05, 4.69) is 4.72 Å². The van der Waals surface area contributed by atoms with Crippen molar-refractivity contribution in [3.05, 3.63) is 68.7 Å². The first-order valence-electron chi connectivity index (χ1n) is 6.27. The molecule has 0 saturated heterocycles. The number of para-hydroxylation sites is 1. The summed E-state index contributed by atoms with van der Waals surface area (Å²) in [6.07, 6.45) is 0. The quantitative estimate of drug-likeness (QED) is 0.666. The Morgan fingerprint density at radius 3 is 2.55 bits per heavy atom. The Kier molecular flexibility index (Phi) is 4.68. The largest absolute Gasteiger partial charge is 0.283 e. The van der Waals surface area contributed by atoms with Crippen molar-refractivity contribution < 1.29 is 13.3 Å². The fraction of sp³-hybridized carbons (Fsp3) is 0.143. The minimum absolute atomic E-state index is 0.123. The molecule has 2 aromatic rings. The van der Waals surface area contributed by atoms with E-state index in [1.807, 2.05) is 0 Å². The molecule has 0 fully saturated rings. The third kappa shape index (κ3) is 3.96. The number of benzene rings is 2. The second-order valence-corrected chi connectivity index (χ2v) is 6.84. The summed E-state index contributed by atoms with van der Waals surface area (Å²) >= 11 is 5.95. The molecule has 2 rings (SSSR count). The standard InChI is InChI=1S/C14H13ClN2O4S/c1-10-6-7-12(8-13(10)15)16-22(20,21)9-11-4-2-3-5-14(11)17(18)19/h2-8,16H,9H2,1H3. The maximum absolute atomic E-state index is 12.2. The van der Waals surface area contributed by atoms with E-state index in [9.17, 15) is 18.5 Å². The van der Waals surface area contributed by atoms with Gasteiger partial charge < -0.3 is 0 Å². The van der Waals surface area contributed by atoms with Crippen LogP contribution in [-0.4, -0.2) is 13.3 Å². The first kappa shape index (κ1) is 16.3. The van der Waals surface area contributed by atoms with E-state index >= 15 is 0 Å². The zero-order valence-corrected chi connectivity index (χ0v) is 13.2. The summed E-state index contributed by atoms with van der Waals surface area (Å²) in [5, 5.41) is 11.4. The Morgan fingerprint density at radius 1 is 1.23 bits per heavy atom. The van der Waals surface area contributed by atoms with Crippen LogP contribution < -0.4 is 4.72 Å². The summed E-state index contributed by atoms with van der Waals surface area (Å²) in [5.41, 5.74) is 1.03. The summed E-state index contributed by atoms with van der Waals surface area (Å²) in [5.74, 6) is -0.490. The number of nitrogens with one attached hydrogen (secondary N) is 1. The lowest BCUT2D eigenvalue weighted by atomic mass is 10.2. The molecule has 1 N–H and O–H groups in total. The monoisotopic (exact) mass is 340 g/mol. The van der Waals surface area contributed by atoms with E-state index in [0.29, 0.717) is 10.7 Å². The molecule has 0 aliphatic rings. The van der Waals surface area contributed by atoms with Crippen LogP contribution in [-0.2, 0) is 15.8 Å². The molecular formula is C14H13ClN2O4S. The third-order valence-corrected chi connectivity index (χ3v) is 4.62. The zero-order valence-electron chi connectivity index (χ0n) is 11.6. The molecule has 0 aliphatic carbocycles. The number of sulfonamides is 1. The van der Waals surface area contributed by atoms with Crippen molar-refractivity contribution in [2.24, 2.45) is 0 Å². The van der Waals surface area contributed by atoms with E-state index in [4.69, 9.17) is 11.6 Å². The summed E-state index contributed by atoms with van der Waals surface area (Å²) in [7, 11) is -3.79. The molecule has 0 radical (unpaired) electrons. The van der Waals surface area contributed by atoms with Crippen molar-refractivity contribution in [2.45, 2.75) is 12.7 Å². The van der Waals surface area contributed by atoms with Crippen molar-refractivity contribution in [1.82, 2.24) is 0 Å². The highest BCUT2D eigenvalue weighted by atomic mass is 35.5. The van der Waals surface area contributed by atoms with Crippen LogP contribution >= 0.6 is 11.6 Å². The second kappa shape index (κ2) is 6.33. The summed E-state index contributed by atoms with van der Waals surface area (Å²) in [6, 6.07) is 10.5. The number of anilines is 1. The molecule has 116 valence electrons. The van der Waals surface area contributed by atoms with E-state index in [-0.39, 0.29) is 11.3 Å². The van der Waals surface area contributed by atoms with Gasteiger partial charge in [0.05, 0.1) is 4.92 Å². The summed E-state index contributed by atoms with van der Waals surface area (Å²) in [4.78, 5) is 10.3. The molecule has 0 amide bonds. The van der Waals surface area contributed by atoms with Gasteiger partial charge in [-0.15, -0.1) is 0 Å². The van der Waals surface area contributed by atoms with Crippen molar-refractivity contribution in [3.63, 3.8) is 0 Å². The fourth-order valence-electron chi connectivity index (χ4n) is 1.89. The predicted molar refractivity (Wildman–Crippen MR) is 85.5 cm³/mol. The number of nitro groups is 1. The lowest BCUT2D eigenvalue weighted by molar-refractivity contribution is -0.385. The van der Waals surface area contributed by atoms with Crippen LogP contribution in [0.2, 0.25) is 5.02 Å². The van der Waals surface area contributed by atoms with Gasteiger partial charge in [0.25, 0.3) is 5.69 Å². The van der Waals surface area contributed by atoms with E-state index in [1.54, 1.807) is 25.1 Å². The number of hydrogen-bond acceptors (Lipinski definition) is 4. The van der Waals surface area contributed by atoms with Crippen LogP contribution in [0.15, 0.2) is 42.5 Å². The van der Waals surface area contributed by atoms with Crippen molar-refractivity contribution in [3.8, 4) is 0 Å². The number of rotatable bonds is 5. The smallest absolute Gasteiger partial charge is 0.273 e. The van der Waals surface area contributed by atoms with Gasteiger partial charge in [0, 0.05) is 22.3 Å². The van der Waals surface area contributed by atoms with Crippen molar-refractivity contribution in [2.75, 3.05) is 4.72 Å². The molecule has 0 atom stereocenters. The molecule has 6 nitrogen and oxygen atoms in total. The topological polar surface area (TPSA) is 89.3 Å². The number of nitrogens with zero attached hydrogens (tertiary/aromatic N) is 1. The molecule has 22 heavy (non-hydrogen) atoms. The zero-order chi connectivity index (χ0) is 16.3. The molecular weight excluding hydrogens is 328 g/mol. The minimum atomic E-state index is -3.79. The Hall–Kier alpha value is -2.12. The van der Waals surface area contributed by atoms with Gasteiger partial charge in [-0.3, -0.25) is 14.8 Å². The Labute approximate surface area is 132 Å². The maximum atomic E-state index is 12.2. The van der Waals surface area contributed by atoms with Gasteiger partial charge in [0.15, 0.2) is 0 Å². The van der Waals surface area contributed by atoms with Crippen LogP contribution in [0.4, 0.5) is 11.4 Å². The number of aryl methyl sites for hydroxylation is 1. The average molecular weight is 341 g/mol. The Balaban J connectivity index is 2.25. The number of halogens is 1. The van der Waals surface area contributed by atoms with Gasteiger partial charge in [0.1, 0.15) is 5.75 Å². The van der Waals surface area contributed by atoms with Gasteiger partial charge in [-0.2, -0.15) is 0 Å². The average Bonchev–Trinajstić information content (AvgIpc) is 2.42. The fourth-order valence-corrected chi connectivity index (χ4v) is 3.28. The van der Waals surface area contributed by atoms with Gasteiger partial charge in [0.2, 0.25) is 10.0 Å². The molecule has 0 unspecified atom stereocenters. The van der Waals surface area contributed by atoms with E-state index in [1.165, 1.54) is 24.3 Å². The molecule has 8 heteroatoms. The van der Waals surface area contributed by atoms with E-state index in [0.717, 1.165) is 5.56 Å². The highest BCUT2D eigenvalue weighted by molar-refractivity contribution is 7.91. The lowest BCUT2D eigenvalue weighted by Crippen LogP contribution is -2.15. The summed E-state index contributed by atoms with van der Waals surface area (Å²) < 4.78 is 26.7. The SMILES string of the molecule is Cc1ccc(NS(=O)(=O)Cc2ccccc2[N+](=O)[O-])cc1Cl. The molecule has 0 spiro atoms. The van der Waals surface area contributed by atoms with Gasteiger partial charge in [-0.1, -0.05) is 35.9 Å². The molecule has 0 aliphatic heterocycles. The van der Waals surface area contributed by atoms with Crippen LogP contribution in [0.25, 0.3) is 0 Å². The Bertz CT molecular complexity index is 821. The third-order valence-electron chi connectivity index (χ3n) is 2.98. The van der Waals surface area contributed by atoms with Crippen LogP contribution in [0.5, 0.6) is 0 Å². The van der Waals surface area contributed by atoms with Gasteiger partial charge in [-0.05, 0) is 24.6 Å².